The molecule has 1 saturated carbocycles. The van der Waals surface area contributed by atoms with Gasteiger partial charge in [0.05, 0.1) is 21.6 Å². The van der Waals surface area contributed by atoms with Gasteiger partial charge in [-0.3, -0.25) is 10.4 Å². The van der Waals surface area contributed by atoms with Gasteiger partial charge in [-0.25, -0.2) is 0 Å². The monoisotopic (exact) mass is 304 g/mol. The average molecular weight is 306 g/mol. The third-order valence-corrected chi connectivity index (χ3v) is 3.65. The molecule has 96 valence electrons. The third kappa shape index (κ3) is 2.63. The van der Waals surface area contributed by atoms with Gasteiger partial charge in [-0.1, -0.05) is 23.2 Å². The molecule has 6 heteroatoms. The molecule has 2 rings (SSSR count). The summed E-state index contributed by atoms with van der Waals surface area (Å²) in [7, 11) is 0. The molecule has 2 N–H and O–H groups in total. The van der Waals surface area contributed by atoms with E-state index in [2.05, 4.69) is 4.98 Å². The van der Waals surface area contributed by atoms with Crippen LogP contribution in [0.4, 0.5) is 0 Å². The van der Waals surface area contributed by atoms with E-state index >= 15 is 0 Å². The standard InChI is InChI=1S/C12H11Cl3N2O/c13-3-7(12(18)6-1-2-6)11(16)10-8(14)4-17-5-9(10)15/h4-6,16,18H,1-3H2/b12-7-,16-11?. The quantitative estimate of drug-likeness (QED) is 0.497. The first-order chi connectivity index (χ1) is 8.56. The van der Waals surface area contributed by atoms with Gasteiger partial charge in [0.1, 0.15) is 5.76 Å². The minimum Gasteiger partial charge on any atom is -0.512 e. The van der Waals surface area contributed by atoms with Crippen molar-refractivity contribution < 1.29 is 5.11 Å². The fraction of sp³-hybridized carbons (Fsp3) is 0.333. The van der Waals surface area contributed by atoms with Crippen LogP contribution >= 0.6 is 34.8 Å². The van der Waals surface area contributed by atoms with Crippen molar-refractivity contribution >= 4 is 40.5 Å². The highest BCUT2D eigenvalue weighted by atomic mass is 35.5. The molecule has 0 spiro atoms. The number of alkyl halides is 1. The Balaban J connectivity index is 2.44. The molecule has 1 aromatic rings. The van der Waals surface area contributed by atoms with Crippen LogP contribution in [0.5, 0.6) is 0 Å². The highest BCUT2D eigenvalue weighted by Crippen LogP contribution is 2.38. The predicted octanol–water partition coefficient (Wildman–Crippen LogP) is 4.22. The average Bonchev–Trinajstić information content (AvgIpc) is 3.13. The largest absolute Gasteiger partial charge is 0.512 e. The summed E-state index contributed by atoms with van der Waals surface area (Å²) in [5.41, 5.74) is 0.803. The summed E-state index contributed by atoms with van der Waals surface area (Å²) in [6.45, 7) is 0. The fourth-order valence-corrected chi connectivity index (χ4v) is 2.49. The highest BCUT2D eigenvalue weighted by Gasteiger charge is 2.30. The number of nitrogens with zero attached hydrogens (tertiary/aromatic N) is 1. The summed E-state index contributed by atoms with van der Waals surface area (Å²) in [5.74, 6) is 0.355. The number of nitrogens with one attached hydrogen (secondary N) is 1. The number of hydrogen-bond acceptors (Lipinski definition) is 3. The van der Waals surface area contributed by atoms with Crippen molar-refractivity contribution in [2.45, 2.75) is 12.8 Å². The van der Waals surface area contributed by atoms with Gasteiger partial charge in [-0.15, -0.1) is 11.6 Å². The molecule has 0 aromatic carbocycles. The molecule has 18 heavy (non-hydrogen) atoms. The molecule has 1 heterocycles. The molecule has 0 amide bonds. The number of rotatable bonds is 4. The summed E-state index contributed by atoms with van der Waals surface area (Å²) in [6.07, 6.45) is 4.68. The van der Waals surface area contributed by atoms with E-state index in [0.29, 0.717) is 11.1 Å². The Labute approximate surface area is 120 Å². The third-order valence-electron chi connectivity index (χ3n) is 2.81. The molecule has 1 fully saturated rings. The Bertz CT molecular complexity index is 504. The number of halogens is 3. The summed E-state index contributed by atoms with van der Waals surface area (Å²) in [4.78, 5) is 3.83. The van der Waals surface area contributed by atoms with Crippen LogP contribution in [0.3, 0.4) is 0 Å². The maximum absolute atomic E-state index is 10.0. The normalized spacial score (nSPS) is 16.4. The van der Waals surface area contributed by atoms with Gasteiger partial charge in [0.25, 0.3) is 0 Å². The number of hydrogen-bond donors (Lipinski definition) is 2. The lowest BCUT2D eigenvalue weighted by Crippen LogP contribution is -2.11. The van der Waals surface area contributed by atoms with E-state index in [9.17, 15) is 5.11 Å². The van der Waals surface area contributed by atoms with Crippen molar-refractivity contribution in [1.82, 2.24) is 4.98 Å². The number of aliphatic hydroxyl groups excluding tert-OH is 1. The lowest BCUT2D eigenvalue weighted by Gasteiger charge is -2.12. The fourth-order valence-electron chi connectivity index (χ4n) is 1.67. The summed E-state index contributed by atoms with van der Waals surface area (Å²) < 4.78 is 0. The van der Waals surface area contributed by atoms with Crippen LogP contribution in [0.15, 0.2) is 23.7 Å². The SMILES string of the molecule is N=C(/C(CCl)=C(\O)C1CC1)c1c(Cl)cncc1Cl. The van der Waals surface area contributed by atoms with Crippen LogP contribution in [-0.2, 0) is 0 Å². The van der Waals surface area contributed by atoms with E-state index in [1.54, 1.807) is 0 Å². The molecule has 0 atom stereocenters. The maximum atomic E-state index is 10.0. The Kier molecular flexibility index (Phi) is 4.15. The molecule has 3 nitrogen and oxygen atoms in total. The van der Waals surface area contributed by atoms with Crippen molar-refractivity contribution in [3.63, 3.8) is 0 Å². The van der Waals surface area contributed by atoms with E-state index < -0.39 is 0 Å². The van der Waals surface area contributed by atoms with E-state index in [-0.39, 0.29) is 33.3 Å². The lowest BCUT2D eigenvalue weighted by atomic mass is 10.0. The van der Waals surface area contributed by atoms with Crippen molar-refractivity contribution in [2.75, 3.05) is 5.88 Å². The topological polar surface area (TPSA) is 57.0 Å². The van der Waals surface area contributed by atoms with Crippen molar-refractivity contribution in [3.8, 4) is 0 Å². The number of pyridine rings is 1. The van der Waals surface area contributed by atoms with Crippen molar-refractivity contribution in [1.29, 1.82) is 5.41 Å². The molecule has 0 unspecified atom stereocenters. The van der Waals surface area contributed by atoms with Gasteiger partial charge < -0.3 is 5.11 Å². The predicted molar refractivity (Wildman–Crippen MR) is 74.2 cm³/mol. The van der Waals surface area contributed by atoms with Crippen LogP contribution in [0.25, 0.3) is 0 Å². The Hall–Kier alpha value is -0.770. The lowest BCUT2D eigenvalue weighted by molar-refractivity contribution is 0.375. The molecule has 0 bridgehead atoms. The zero-order valence-electron chi connectivity index (χ0n) is 9.38. The van der Waals surface area contributed by atoms with Gasteiger partial charge in [-0.05, 0) is 12.8 Å². The number of aromatic nitrogens is 1. The second-order valence-electron chi connectivity index (χ2n) is 4.12. The molecule has 0 aliphatic heterocycles. The van der Waals surface area contributed by atoms with Crippen molar-refractivity contribution in [2.24, 2.45) is 5.92 Å². The van der Waals surface area contributed by atoms with E-state index in [1.807, 2.05) is 0 Å². The summed E-state index contributed by atoms with van der Waals surface area (Å²) in [5, 5.41) is 18.7. The highest BCUT2D eigenvalue weighted by molar-refractivity contribution is 6.41. The Morgan fingerprint density at radius 3 is 2.33 bits per heavy atom. The van der Waals surface area contributed by atoms with Crippen LogP contribution < -0.4 is 0 Å². The van der Waals surface area contributed by atoms with Crippen LogP contribution in [0.1, 0.15) is 18.4 Å². The smallest absolute Gasteiger partial charge is 0.102 e. The van der Waals surface area contributed by atoms with E-state index in [4.69, 9.17) is 40.2 Å². The van der Waals surface area contributed by atoms with Gasteiger partial charge in [0.15, 0.2) is 0 Å². The number of aliphatic hydroxyl groups is 1. The summed E-state index contributed by atoms with van der Waals surface area (Å²) in [6, 6.07) is 0. The second-order valence-corrected chi connectivity index (χ2v) is 5.21. The Morgan fingerprint density at radius 1 is 1.33 bits per heavy atom. The van der Waals surface area contributed by atoms with Gasteiger partial charge in [-0.2, -0.15) is 0 Å². The molecule has 0 radical (unpaired) electrons. The molecule has 0 saturated heterocycles. The van der Waals surface area contributed by atoms with Crippen LogP contribution in [-0.4, -0.2) is 21.7 Å². The zero-order valence-corrected chi connectivity index (χ0v) is 11.6. The van der Waals surface area contributed by atoms with Gasteiger partial charge in [0.2, 0.25) is 0 Å². The Morgan fingerprint density at radius 2 is 1.89 bits per heavy atom. The first-order valence-corrected chi connectivity index (χ1v) is 6.71. The first-order valence-electron chi connectivity index (χ1n) is 5.42. The minimum atomic E-state index is 0.0517. The molecule has 1 aromatic heterocycles. The zero-order chi connectivity index (χ0) is 13.3. The maximum Gasteiger partial charge on any atom is 0.102 e. The minimum absolute atomic E-state index is 0.0517. The first kappa shape index (κ1) is 13.7. The molecule has 1 aliphatic carbocycles. The van der Waals surface area contributed by atoms with Crippen LogP contribution in [0, 0.1) is 11.3 Å². The molecular formula is C12H11Cl3N2O. The van der Waals surface area contributed by atoms with Gasteiger partial charge >= 0.3 is 0 Å². The second kappa shape index (κ2) is 5.47. The van der Waals surface area contributed by atoms with Crippen LogP contribution in [0.2, 0.25) is 10.0 Å². The van der Waals surface area contributed by atoms with E-state index in [0.717, 1.165) is 12.8 Å². The van der Waals surface area contributed by atoms with E-state index in [1.165, 1.54) is 12.4 Å². The molecular weight excluding hydrogens is 295 g/mol. The molecule has 1 aliphatic rings. The van der Waals surface area contributed by atoms with Crippen molar-refractivity contribution in [3.05, 3.63) is 39.3 Å². The summed E-state index contributed by atoms with van der Waals surface area (Å²) >= 11 is 17.8. The van der Waals surface area contributed by atoms with Gasteiger partial charge in [0, 0.05) is 29.4 Å². The number of allylic oxidation sites excluding steroid dienone is 2.